The largest absolute Gasteiger partial charge is 0.469 e. The van der Waals surface area contributed by atoms with Gasteiger partial charge in [0.05, 0.1) is 13.0 Å². The predicted molar refractivity (Wildman–Crippen MR) is 77.9 cm³/mol. The molecular formula is C15H26N2O4. The van der Waals surface area contributed by atoms with Crippen molar-refractivity contribution in [3.63, 3.8) is 0 Å². The first-order valence-electron chi connectivity index (χ1n) is 7.61. The van der Waals surface area contributed by atoms with Crippen LogP contribution in [0.25, 0.3) is 0 Å². The van der Waals surface area contributed by atoms with Gasteiger partial charge in [0.15, 0.2) is 0 Å². The molecule has 120 valence electrons. The number of hydrogen-bond acceptors (Lipinski definition) is 5. The summed E-state index contributed by atoms with van der Waals surface area (Å²) in [6.45, 7) is 8.60. The van der Waals surface area contributed by atoms with Gasteiger partial charge < -0.3 is 14.4 Å². The van der Waals surface area contributed by atoms with E-state index in [-0.39, 0.29) is 24.0 Å². The second kappa shape index (κ2) is 6.22. The molecule has 0 radical (unpaired) electrons. The number of hydrogen-bond donors (Lipinski definition) is 0. The highest BCUT2D eigenvalue weighted by molar-refractivity contribution is 5.75. The van der Waals surface area contributed by atoms with Gasteiger partial charge >= 0.3 is 12.1 Å². The molecule has 1 amide bonds. The summed E-state index contributed by atoms with van der Waals surface area (Å²) in [7, 11) is 1.40. The highest BCUT2D eigenvalue weighted by atomic mass is 16.6. The van der Waals surface area contributed by atoms with Gasteiger partial charge in [0.1, 0.15) is 5.60 Å². The maximum Gasteiger partial charge on any atom is 0.410 e. The smallest absolute Gasteiger partial charge is 0.410 e. The third-order valence-corrected chi connectivity index (χ3v) is 4.09. The fourth-order valence-corrected chi connectivity index (χ4v) is 2.92. The zero-order chi connectivity index (χ0) is 15.6. The summed E-state index contributed by atoms with van der Waals surface area (Å²) in [6.07, 6.45) is 1.62. The Morgan fingerprint density at radius 3 is 2.29 bits per heavy atom. The van der Waals surface area contributed by atoms with Gasteiger partial charge in [-0.15, -0.1) is 0 Å². The van der Waals surface area contributed by atoms with Crippen molar-refractivity contribution in [2.45, 2.75) is 45.3 Å². The topological polar surface area (TPSA) is 59.1 Å². The molecule has 6 nitrogen and oxygen atoms in total. The third kappa shape index (κ3) is 3.87. The molecule has 0 aliphatic carbocycles. The van der Waals surface area contributed by atoms with Crippen LogP contribution in [0.5, 0.6) is 0 Å². The molecule has 0 saturated carbocycles. The molecule has 0 spiro atoms. The van der Waals surface area contributed by atoms with Crippen LogP contribution < -0.4 is 0 Å². The Morgan fingerprint density at radius 2 is 1.81 bits per heavy atom. The number of rotatable bonds is 2. The first-order chi connectivity index (χ1) is 9.81. The lowest BCUT2D eigenvalue weighted by atomic mass is 9.89. The molecule has 2 saturated heterocycles. The van der Waals surface area contributed by atoms with E-state index in [1.54, 1.807) is 4.90 Å². The highest BCUT2D eigenvalue weighted by Gasteiger charge is 2.42. The molecule has 2 rings (SSSR count). The van der Waals surface area contributed by atoms with E-state index < -0.39 is 5.60 Å². The number of ether oxygens (including phenoxy) is 2. The second-order valence-electron chi connectivity index (χ2n) is 6.80. The Labute approximate surface area is 126 Å². The Bertz CT molecular complexity index is 401. The minimum atomic E-state index is -0.522. The molecule has 21 heavy (non-hydrogen) atoms. The van der Waals surface area contributed by atoms with Gasteiger partial charge in [-0.05, 0) is 46.7 Å². The van der Waals surface area contributed by atoms with Crippen molar-refractivity contribution in [2.75, 3.05) is 33.3 Å². The van der Waals surface area contributed by atoms with Crippen molar-refractivity contribution in [2.24, 2.45) is 5.92 Å². The maximum absolute atomic E-state index is 12.2. The van der Waals surface area contributed by atoms with E-state index in [9.17, 15) is 9.59 Å². The number of piperidine rings is 1. The van der Waals surface area contributed by atoms with Crippen LogP contribution in [0.2, 0.25) is 0 Å². The summed E-state index contributed by atoms with van der Waals surface area (Å²) < 4.78 is 10.3. The van der Waals surface area contributed by atoms with E-state index >= 15 is 0 Å². The van der Waals surface area contributed by atoms with Crippen LogP contribution in [0, 0.1) is 5.92 Å². The Balaban J connectivity index is 2.02. The average molecular weight is 298 g/mol. The zero-order valence-electron chi connectivity index (χ0n) is 13.4. The van der Waals surface area contributed by atoms with Crippen molar-refractivity contribution >= 4 is 12.1 Å². The molecule has 2 heterocycles. The molecule has 0 bridgehead atoms. The number of amides is 1. The summed E-state index contributed by atoms with van der Waals surface area (Å²) >= 11 is 0. The standard InChI is InChI=1S/C15H26N2O4/c1-15(2,3)21-14(19)17-9-6-12(16-7-5-8-16)11(10-17)13(18)20-4/h11-12H,5-10H2,1-4H3/t11-,12-/m0/s1. The maximum atomic E-state index is 12.2. The van der Waals surface area contributed by atoms with Gasteiger partial charge in [-0.3, -0.25) is 9.69 Å². The second-order valence-corrected chi connectivity index (χ2v) is 6.80. The SMILES string of the molecule is COC(=O)[C@H]1CN(C(=O)OC(C)(C)C)CC[C@@H]1N1CCC1. The van der Waals surface area contributed by atoms with Crippen molar-refractivity contribution in [3.8, 4) is 0 Å². The fourth-order valence-electron chi connectivity index (χ4n) is 2.92. The van der Waals surface area contributed by atoms with Gasteiger partial charge in [-0.1, -0.05) is 0 Å². The van der Waals surface area contributed by atoms with E-state index in [0.717, 1.165) is 19.5 Å². The average Bonchev–Trinajstić information content (AvgIpc) is 2.34. The zero-order valence-corrected chi connectivity index (χ0v) is 13.4. The van der Waals surface area contributed by atoms with E-state index in [4.69, 9.17) is 9.47 Å². The van der Waals surface area contributed by atoms with Crippen LogP contribution in [0.3, 0.4) is 0 Å². The molecule has 2 fully saturated rings. The Morgan fingerprint density at radius 1 is 1.14 bits per heavy atom. The molecule has 0 aromatic rings. The number of carbonyl (C=O) groups is 2. The van der Waals surface area contributed by atoms with Crippen molar-refractivity contribution in [3.05, 3.63) is 0 Å². The molecule has 2 aliphatic rings. The van der Waals surface area contributed by atoms with Crippen LogP contribution >= 0.6 is 0 Å². The summed E-state index contributed by atoms with van der Waals surface area (Å²) in [5.74, 6) is -0.517. The fraction of sp³-hybridized carbons (Fsp3) is 0.867. The number of methoxy groups -OCH3 is 1. The predicted octanol–water partition coefficient (Wildman–Crippen LogP) is 1.49. The van der Waals surface area contributed by atoms with Crippen LogP contribution in [-0.2, 0) is 14.3 Å². The van der Waals surface area contributed by atoms with Crippen molar-refractivity contribution in [1.29, 1.82) is 0 Å². The third-order valence-electron chi connectivity index (χ3n) is 4.09. The molecule has 0 aromatic carbocycles. The summed E-state index contributed by atoms with van der Waals surface area (Å²) in [4.78, 5) is 28.2. The molecular weight excluding hydrogens is 272 g/mol. The Kier molecular flexibility index (Phi) is 4.76. The summed E-state index contributed by atoms with van der Waals surface area (Å²) in [5.41, 5.74) is -0.522. The quantitative estimate of drug-likeness (QED) is 0.723. The summed E-state index contributed by atoms with van der Waals surface area (Å²) in [5, 5.41) is 0. The molecule has 6 heteroatoms. The number of esters is 1. The monoisotopic (exact) mass is 298 g/mol. The minimum absolute atomic E-state index is 0.185. The van der Waals surface area contributed by atoms with Crippen LogP contribution in [0.4, 0.5) is 4.79 Å². The van der Waals surface area contributed by atoms with Crippen LogP contribution in [-0.4, -0.2) is 66.8 Å². The molecule has 2 atom stereocenters. The van der Waals surface area contributed by atoms with Crippen LogP contribution in [0.15, 0.2) is 0 Å². The van der Waals surface area contributed by atoms with E-state index in [0.29, 0.717) is 13.1 Å². The summed E-state index contributed by atoms with van der Waals surface area (Å²) in [6, 6.07) is 0.185. The number of nitrogens with zero attached hydrogens (tertiary/aromatic N) is 2. The number of carbonyl (C=O) groups excluding carboxylic acids is 2. The lowest BCUT2D eigenvalue weighted by Gasteiger charge is -2.46. The Hall–Kier alpha value is -1.30. The normalized spacial score (nSPS) is 27.0. The van der Waals surface area contributed by atoms with Gasteiger partial charge in [0.25, 0.3) is 0 Å². The molecule has 0 unspecified atom stereocenters. The minimum Gasteiger partial charge on any atom is -0.469 e. The molecule has 0 aromatic heterocycles. The molecule has 0 N–H and O–H groups in total. The van der Waals surface area contributed by atoms with E-state index in [1.807, 2.05) is 20.8 Å². The highest BCUT2D eigenvalue weighted by Crippen LogP contribution is 2.28. The van der Waals surface area contributed by atoms with Gasteiger partial charge in [0.2, 0.25) is 0 Å². The molecule has 2 aliphatic heterocycles. The lowest BCUT2D eigenvalue weighted by molar-refractivity contribution is -0.151. The van der Waals surface area contributed by atoms with Gasteiger partial charge in [0, 0.05) is 19.1 Å². The van der Waals surface area contributed by atoms with E-state index in [2.05, 4.69) is 4.90 Å². The van der Waals surface area contributed by atoms with Crippen LogP contribution in [0.1, 0.15) is 33.6 Å². The van der Waals surface area contributed by atoms with Gasteiger partial charge in [-0.2, -0.15) is 0 Å². The van der Waals surface area contributed by atoms with E-state index in [1.165, 1.54) is 13.5 Å². The lowest BCUT2D eigenvalue weighted by Crippen LogP contribution is -2.58. The first kappa shape index (κ1) is 16.1. The van der Waals surface area contributed by atoms with Crippen molar-refractivity contribution in [1.82, 2.24) is 9.80 Å². The van der Waals surface area contributed by atoms with Crippen molar-refractivity contribution < 1.29 is 19.1 Å². The van der Waals surface area contributed by atoms with Gasteiger partial charge in [-0.25, -0.2) is 4.79 Å². The first-order valence-corrected chi connectivity index (χ1v) is 7.61. The number of likely N-dealkylation sites (tertiary alicyclic amines) is 2.